The van der Waals surface area contributed by atoms with E-state index in [0.29, 0.717) is 5.78 Å². The molecule has 0 aliphatic heterocycles. The highest BCUT2D eigenvalue weighted by Gasteiger charge is 2.27. The summed E-state index contributed by atoms with van der Waals surface area (Å²) in [6.45, 7) is 0. The van der Waals surface area contributed by atoms with Crippen LogP contribution < -0.4 is 0 Å². The predicted octanol–water partition coefficient (Wildman–Crippen LogP) is 3.10. The highest BCUT2D eigenvalue weighted by atomic mass is 35.6. The quantitative estimate of drug-likeness (QED) is 0.597. The van der Waals surface area contributed by atoms with Crippen LogP contribution in [0.15, 0.2) is 30.6 Å². The number of para-hydroxylation sites is 2. The van der Waals surface area contributed by atoms with Crippen LogP contribution in [0.1, 0.15) is 5.82 Å². The lowest BCUT2D eigenvalue weighted by Gasteiger charge is -2.07. The molecule has 0 atom stereocenters. The Labute approximate surface area is 111 Å². The number of hydrogen-bond acceptors (Lipinski definition) is 3. The Morgan fingerprint density at radius 3 is 2.59 bits per heavy atom. The predicted molar refractivity (Wildman–Crippen MR) is 67.5 cm³/mol. The summed E-state index contributed by atoms with van der Waals surface area (Å²) in [5.41, 5.74) is 1.74. The smallest absolute Gasteiger partial charge is 0.250 e. The number of alkyl halides is 3. The Morgan fingerprint density at radius 2 is 1.82 bits per heavy atom. The molecule has 17 heavy (non-hydrogen) atoms. The lowest BCUT2D eigenvalue weighted by atomic mass is 10.3. The maximum absolute atomic E-state index is 5.73. The Balaban J connectivity index is 2.34. The molecule has 3 rings (SSSR count). The zero-order valence-corrected chi connectivity index (χ0v) is 10.6. The molecule has 0 amide bonds. The topological polar surface area (TPSA) is 43.1 Å². The number of hydrogen-bond donors (Lipinski definition) is 0. The minimum atomic E-state index is -1.64. The third-order valence-electron chi connectivity index (χ3n) is 2.33. The zero-order chi connectivity index (χ0) is 12.0. The normalized spacial score (nSPS) is 12.4. The molecule has 0 unspecified atom stereocenters. The van der Waals surface area contributed by atoms with Gasteiger partial charge in [0.2, 0.25) is 9.57 Å². The summed E-state index contributed by atoms with van der Waals surface area (Å²) in [6, 6.07) is 7.63. The summed E-state index contributed by atoms with van der Waals surface area (Å²) in [4.78, 5) is 12.5. The van der Waals surface area contributed by atoms with Gasteiger partial charge in [0.15, 0.2) is 5.82 Å². The molecule has 2 aromatic heterocycles. The Bertz CT molecular complexity index is 701. The molecule has 0 aliphatic carbocycles. The van der Waals surface area contributed by atoms with Crippen molar-refractivity contribution in [3.63, 3.8) is 0 Å². The Kier molecular flexibility index (Phi) is 2.40. The van der Waals surface area contributed by atoms with Crippen LogP contribution in [0.25, 0.3) is 16.8 Å². The first-order valence-corrected chi connectivity index (χ1v) is 5.86. The average Bonchev–Trinajstić information content (AvgIpc) is 2.65. The van der Waals surface area contributed by atoms with Gasteiger partial charge in [0.05, 0.1) is 11.0 Å². The van der Waals surface area contributed by atoms with Crippen LogP contribution in [0, 0.1) is 0 Å². The van der Waals surface area contributed by atoms with E-state index in [1.807, 2.05) is 24.3 Å². The van der Waals surface area contributed by atoms with E-state index in [1.165, 1.54) is 0 Å². The number of fused-ring (bicyclic) bond motifs is 3. The van der Waals surface area contributed by atoms with Gasteiger partial charge in [0.25, 0.3) is 0 Å². The first kappa shape index (κ1) is 11.0. The lowest BCUT2D eigenvalue weighted by molar-refractivity contribution is 0.917. The molecule has 1 aromatic carbocycles. The van der Waals surface area contributed by atoms with E-state index in [2.05, 4.69) is 15.0 Å². The van der Waals surface area contributed by atoms with E-state index < -0.39 is 3.79 Å². The van der Waals surface area contributed by atoms with Crippen molar-refractivity contribution >= 4 is 51.6 Å². The van der Waals surface area contributed by atoms with Crippen LogP contribution in [0.4, 0.5) is 0 Å². The third kappa shape index (κ3) is 1.82. The molecule has 4 nitrogen and oxygen atoms in total. The summed E-state index contributed by atoms with van der Waals surface area (Å²) < 4.78 is 0.106. The van der Waals surface area contributed by atoms with Crippen molar-refractivity contribution in [1.29, 1.82) is 0 Å². The molecule has 0 saturated carbocycles. The summed E-state index contributed by atoms with van der Waals surface area (Å²) in [6.07, 6.45) is 1.55. The molecular weight excluding hydrogens is 282 g/mol. The Morgan fingerprint density at radius 1 is 1.06 bits per heavy atom. The van der Waals surface area contributed by atoms with Crippen molar-refractivity contribution < 1.29 is 0 Å². The van der Waals surface area contributed by atoms with E-state index in [0.717, 1.165) is 11.0 Å². The summed E-state index contributed by atoms with van der Waals surface area (Å²) in [5.74, 6) is 0.577. The highest BCUT2D eigenvalue weighted by molar-refractivity contribution is 6.66. The first-order valence-electron chi connectivity index (χ1n) is 4.73. The fourth-order valence-corrected chi connectivity index (χ4v) is 1.87. The monoisotopic (exact) mass is 286 g/mol. The van der Waals surface area contributed by atoms with Gasteiger partial charge in [-0.2, -0.15) is 4.98 Å². The molecule has 0 saturated heterocycles. The van der Waals surface area contributed by atoms with Crippen LogP contribution in [-0.2, 0) is 3.79 Å². The average molecular weight is 288 g/mol. The van der Waals surface area contributed by atoms with Crippen molar-refractivity contribution in [2.75, 3.05) is 0 Å². The standard InChI is InChI=1S/C10H5Cl3N4/c11-10(12,13)8-14-5-17-7-4-2-1-3-6(7)15-9(17)16-8/h1-5H. The molecule has 7 heteroatoms. The van der Waals surface area contributed by atoms with Crippen LogP contribution in [0.2, 0.25) is 0 Å². The number of aromatic nitrogens is 4. The second-order valence-electron chi connectivity index (χ2n) is 3.45. The molecule has 0 radical (unpaired) electrons. The van der Waals surface area contributed by atoms with Crippen LogP contribution in [0.5, 0.6) is 0 Å². The molecule has 0 N–H and O–H groups in total. The second-order valence-corrected chi connectivity index (χ2v) is 5.73. The van der Waals surface area contributed by atoms with Gasteiger partial charge in [-0.25, -0.2) is 9.97 Å². The lowest BCUT2D eigenvalue weighted by Crippen LogP contribution is -2.08. The molecule has 86 valence electrons. The number of benzene rings is 1. The SMILES string of the molecule is ClC(Cl)(Cl)c1ncn2c(n1)nc1ccccc12. The van der Waals surface area contributed by atoms with E-state index in [9.17, 15) is 0 Å². The van der Waals surface area contributed by atoms with E-state index in [-0.39, 0.29) is 5.82 Å². The summed E-state index contributed by atoms with van der Waals surface area (Å²) >= 11 is 17.2. The number of halogens is 3. The molecule has 0 bridgehead atoms. The molecular formula is C10H5Cl3N4. The van der Waals surface area contributed by atoms with Crippen LogP contribution >= 0.6 is 34.8 Å². The van der Waals surface area contributed by atoms with Crippen LogP contribution in [0.3, 0.4) is 0 Å². The van der Waals surface area contributed by atoms with Crippen LogP contribution in [-0.4, -0.2) is 19.4 Å². The summed E-state index contributed by atoms with van der Waals surface area (Å²) in [5, 5.41) is 0. The highest BCUT2D eigenvalue weighted by Crippen LogP contribution is 2.35. The van der Waals surface area contributed by atoms with Crippen molar-refractivity contribution in [3.05, 3.63) is 36.4 Å². The fourth-order valence-electron chi connectivity index (χ4n) is 1.60. The van der Waals surface area contributed by atoms with Gasteiger partial charge < -0.3 is 0 Å². The van der Waals surface area contributed by atoms with Crippen molar-refractivity contribution in [1.82, 2.24) is 19.4 Å². The molecule has 0 aliphatic rings. The summed E-state index contributed by atoms with van der Waals surface area (Å²) in [7, 11) is 0. The van der Waals surface area contributed by atoms with E-state index >= 15 is 0 Å². The largest absolute Gasteiger partial charge is 0.267 e. The second kappa shape index (κ2) is 3.70. The van der Waals surface area contributed by atoms with E-state index in [1.54, 1.807) is 10.7 Å². The van der Waals surface area contributed by atoms with Crippen molar-refractivity contribution in [2.24, 2.45) is 0 Å². The van der Waals surface area contributed by atoms with Crippen molar-refractivity contribution in [2.45, 2.75) is 3.79 Å². The minimum absolute atomic E-state index is 0.116. The molecule has 0 spiro atoms. The molecule has 0 fully saturated rings. The maximum atomic E-state index is 5.73. The maximum Gasteiger partial charge on any atom is 0.250 e. The van der Waals surface area contributed by atoms with Gasteiger partial charge in [-0.1, -0.05) is 46.9 Å². The first-order chi connectivity index (χ1) is 8.05. The number of imidazole rings is 1. The van der Waals surface area contributed by atoms with Gasteiger partial charge in [-0.15, -0.1) is 0 Å². The number of rotatable bonds is 0. The zero-order valence-electron chi connectivity index (χ0n) is 8.31. The van der Waals surface area contributed by atoms with Gasteiger partial charge >= 0.3 is 0 Å². The van der Waals surface area contributed by atoms with E-state index in [4.69, 9.17) is 34.8 Å². The minimum Gasteiger partial charge on any atom is -0.267 e. The number of nitrogens with zero attached hydrogens (tertiary/aromatic N) is 4. The van der Waals surface area contributed by atoms with Gasteiger partial charge in [0.1, 0.15) is 6.33 Å². The van der Waals surface area contributed by atoms with Crippen molar-refractivity contribution in [3.8, 4) is 0 Å². The fraction of sp³-hybridized carbons (Fsp3) is 0.100. The van der Waals surface area contributed by atoms with Gasteiger partial charge in [0, 0.05) is 0 Å². The molecule has 2 heterocycles. The van der Waals surface area contributed by atoms with Gasteiger partial charge in [-0.05, 0) is 12.1 Å². The third-order valence-corrected chi connectivity index (χ3v) is 2.84. The molecule has 3 aromatic rings. The Hall–Kier alpha value is -1.10. The van der Waals surface area contributed by atoms with Gasteiger partial charge in [-0.3, -0.25) is 4.40 Å².